The second-order valence-electron chi connectivity index (χ2n) is 7.39. The summed E-state index contributed by atoms with van der Waals surface area (Å²) in [4.78, 5) is 11.7. The van der Waals surface area contributed by atoms with E-state index in [4.69, 9.17) is 4.74 Å². The third kappa shape index (κ3) is 3.43. The molecule has 1 unspecified atom stereocenters. The molecular weight excluding hydrogens is 338 g/mol. The number of aromatic carboxylic acids is 1. The van der Waals surface area contributed by atoms with Crippen molar-refractivity contribution in [3.63, 3.8) is 0 Å². The second-order valence-corrected chi connectivity index (χ2v) is 7.39. The van der Waals surface area contributed by atoms with Crippen LogP contribution < -0.4 is 4.74 Å². The summed E-state index contributed by atoms with van der Waals surface area (Å²) in [5, 5.41) is 9.51. The first-order chi connectivity index (χ1) is 12.3. The Morgan fingerprint density at radius 2 is 1.88 bits per heavy atom. The smallest absolute Gasteiger partial charge is 0.387 e. The third-order valence-electron chi connectivity index (χ3n) is 5.32. The van der Waals surface area contributed by atoms with Gasteiger partial charge in [0.1, 0.15) is 11.3 Å². The summed E-state index contributed by atoms with van der Waals surface area (Å²) in [7, 11) is 0. The van der Waals surface area contributed by atoms with Gasteiger partial charge in [0, 0.05) is 5.56 Å². The highest BCUT2D eigenvalue weighted by molar-refractivity contribution is 5.93. The second kappa shape index (κ2) is 7.06. The number of benzene rings is 2. The summed E-state index contributed by atoms with van der Waals surface area (Å²) < 4.78 is 31.1. The van der Waals surface area contributed by atoms with Crippen LogP contribution >= 0.6 is 0 Å². The Morgan fingerprint density at radius 3 is 2.42 bits per heavy atom. The fraction of sp³-hybridized carbons (Fsp3) is 0.381. The van der Waals surface area contributed by atoms with Crippen molar-refractivity contribution in [1.29, 1.82) is 0 Å². The number of alkyl halides is 2. The Hall–Kier alpha value is -2.43. The van der Waals surface area contributed by atoms with Crippen molar-refractivity contribution in [3.8, 4) is 16.9 Å². The number of carboxylic acid groups (broad SMARTS) is 1. The molecule has 1 fully saturated rings. The molecule has 2 aromatic rings. The molecule has 138 valence electrons. The first-order valence-electron chi connectivity index (χ1n) is 8.71. The van der Waals surface area contributed by atoms with Gasteiger partial charge in [-0.3, -0.25) is 0 Å². The highest BCUT2D eigenvalue weighted by Gasteiger charge is 2.40. The van der Waals surface area contributed by atoms with E-state index in [0.29, 0.717) is 5.56 Å². The van der Waals surface area contributed by atoms with E-state index in [1.165, 1.54) is 6.07 Å². The van der Waals surface area contributed by atoms with E-state index in [-0.39, 0.29) is 22.6 Å². The van der Waals surface area contributed by atoms with Crippen molar-refractivity contribution in [2.24, 2.45) is 5.41 Å². The number of hydrogen-bond donors (Lipinski definition) is 1. The van der Waals surface area contributed by atoms with Crippen molar-refractivity contribution < 1.29 is 23.4 Å². The molecule has 0 heterocycles. The molecule has 0 bridgehead atoms. The zero-order chi connectivity index (χ0) is 18.9. The van der Waals surface area contributed by atoms with Crippen LogP contribution in [0.3, 0.4) is 0 Å². The van der Waals surface area contributed by atoms with E-state index in [1.54, 1.807) is 6.07 Å². The van der Waals surface area contributed by atoms with E-state index in [2.05, 4.69) is 13.8 Å². The van der Waals surface area contributed by atoms with Gasteiger partial charge >= 0.3 is 12.6 Å². The number of ether oxygens (including phenoxy) is 1. The van der Waals surface area contributed by atoms with Gasteiger partial charge in [0.15, 0.2) is 0 Å². The normalized spacial score (nSPS) is 18.9. The fourth-order valence-corrected chi connectivity index (χ4v) is 4.06. The molecule has 0 amide bonds. The highest BCUT2D eigenvalue weighted by atomic mass is 19.3. The van der Waals surface area contributed by atoms with Crippen LogP contribution in [0.5, 0.6) is 5.75 Å². The SMILES string of the molecule is CC1(C)CCCC1c1c(-c2ccccc2)ccc(C(=O)O)c1OC(F)F. The zero-order valence-electron chi connectivity index (χ0n) is 14.8. The molecular formula is C21H22F2O3. The average molecular weight is 360 g/mol. The molecule has 0 aromatic heterocycles. The Morgan fingerprint density at radius 1 is 1.19 bits per heavy atom. The molecule has 1 aliphatic rings. The van der Waals surface area contributed by atoms with Gasteiger partial charge in [0.05, 0.1) is 0 Å². The van der Waals surface area contributed by atoms with Crippen molar-refractivity contribution in [1.82, 2.24) is 0 Å². The predicted octanol–water partition coefficient (Wildman–Crippen LogP) is 5.95. The van der Waals surface area contributed by atoms with Crippen molar-refractivity contribution >= 4 is 5.97 Å². The van der Waals surface area contributed by atoms with Crippen LogP contribution in [-0.2, 0) is 0 Å². The van der Waals surface area contributed by atoms with E-state index in [1.807, 2.05) is 30.3 Å². The summed E-state index contributed by atoms with van der Waals surface area (Å²) in [5.74, 6) is -1.52. The molecule has 2 aromatic carbocycles. The minimum Gasteiger partial charge on any atom is -0.478 e. The van der Waals surface area contributed by atoms with Gasteiger partial charge in [0.2, 0.25) is 0 Å². The van der Waals surface area contributed by atoms with Crippen LogP contribution in [0.2, 0.25) is 0 Å². The Labute approximate surface area is 151 Å². The van der Waals surface area contributed by atoms with Gasteiger partial charge in [-0.2, -0.15) is 8.78 Å². The van der Waals surface area contributed by atoms with Gasteiger partial charge in [0.25, 0.3) is 0 Å². The Kier molecular flexibility index (Phi) is 4.99. The van der Waals surface area contributed by atoms with Crippen LogP contribution in [0.15, 0.2) is 42.5 Å². The maximum absolute atomic E-state index is 13.1. The maximum Gasteiger partial charge on any atom is 0.387 e. The lowest BCUT2D eigenvalue weighted by Crippen LogP contribution is -2.20. The number of hydrogen-bond acceptors (Lipinski definition) is 2. The molecule has 26 heavy (non-hydrogen) atoms. The number of carboxylic acids is 1. The molecule has 5 heteroatoms. The first kappa shape index (κ1) is 18.4. The lowest BCUT2D eigenvalue weighted by Gasteiger charge is -2.31. The van der Waals surface area contributed by atoms with E-state index >= 15 is 0 Å². The largest absolute Gasteiger partial charge is 0.478 e. The van der Waals surface area contributed by atoms with E-state index in [0.717, 1.165) is 30.4 Å². The van der Waals surface area contributed by atoms with Gasteiger partial charge < -0.3 is 9.84 Å². The molecule has 3 rings (SSSR count). The molecule has 1 aliphatic carbocycles. The van der Waals surface area contributed by atoms with Crippen molar-refractivity contribution in [3.05, 3.63) is 53.6 Å². The number of rotatable bonds is 5. The lowest BCUT2D eigenvalue weighted by atomic mass is 9.74. The minimum atomic E-state index is -3.08. The predicted molar refractivity (Wildman–Crippen MR) is 95.8 cm³/mol. The van der Waals surface area contributed by atoms with Gasteiger partial charge in [-0.1, -0.05) is 56.7 Å². The number of halogens is 2. The van der Waals surface area contributed by atoms with Crippen molar-refractivity contribution in [2.45, 2.75) is 45.6 Å². The molecule has 3 nitrogen and oxygen atoms in total. The van der Waals surface area contributed by atoms with Crippen LogP contribution in [0.25, 0.3) is 11.1 Å². The van der Waals surface area contributed by atoms with E-state index < -0.39 is 12.6 Å². The molecule has 0 spiro atoms. The van der Waals surface area contributed by atoms with Crippen LogP contribution in [-0.4, -0.2) is 17.7 Å². The van der Waals surface area contributed by atoms with Crippen LogP contribution in [0.1, 0.15) is 54.9 Å². The van der Waals surface area contributed by atoms with E-state index in [9.17, 15) is 18.7 Å². The van der Waals surface area contributed by atoms with Crippen molar-refractivity contribution in [2.75, 3.05) is 0 Å². The standard InChI is InChI=1S/C21H22F2O3/c1-21(2)12-6-9-16(21)17-14(13-7-4-3-5-8-13)10-11-15(19(24)25)18(17)26-20(22)23/h3-5,7-8,10-11,16,20H,6,9,12H2,1-2H3,(H,24,25). The van der Waals surface area contributed by atoms with Gasteiger partial charge in [-0.05, 0) is 41.4 Å². The molecule has 1 atom stereocenters. The molecule has 0 saturated heterocycles. The Balaban J connectivity index is 2.30. The summed E-state index contributed by atoms with van der Waals surface area (Å²) in [6.07, 6.45) is 2.74. The highest BCUT2D eigenvalue weighted by Crippen LogP contribution is 2.54. The van der Waals surface area contributed by atoms with Gasteiger partial charge in [-0.15, -0.1) is 0 Å². The summed E-state index contributed by atoms with van der Waals surface area (Å²) >= 11 is 0. The summed E-state index contributed by atoms with van der Waals surface area (Å²) in [6.45, 7) is 1.11. The Bertz CT molecular complexity index is 800. The summed E-state index contributed by atoms with van der Waals surface area (Å²) in [5.41, 5.74) is 1.86. The van der Waals surface area contributed by atoms with Crippen LogP contribution in [0.4, 0.5) is 8.78 Å². The summed E-state index contributed by atoms with van der Waals surface area (Å²) in [6, 6.07) is 12.5. The monoisotopic (exact) mass is 360 g/mol. The zero-order valence-corrected chi connectivity index (χ0v) is 14.8. The number of carbonyl (C=O) groups is 1. The average Bonchev–Trinajstić information content (AvgIpc) is 2.93. The fourth-order valence-electron chi connectivity index (χ4n) is 4.06. The lowest BCUT2D eigenvalue weighted by molar-refractivity contribution is -0.0513. The van der Waals surface area contributed by atoms with Gasteiger partial charge in [-0.25, -0.2) is 4.79 Å². The van der Waals surface area contributed by atoms with Crippen LogP contribution in [0, 0.1) is 5.41 Å². The third-order valence-corrected chi connectivity index (χ3v) is 5.32. The first-order valence-corrected chi connectivity index (χ1v) is 8.71. The quantitative estimate of drug-likeness (QED) is 0.717. The minimum absolute atomic E-state index is 0.0502. The topological polar surface area (TPSA) is 46.5 Å². The molecule has 0 aliphatic heterocycles. The molecule has 0 radical (unpaired) electrons. The maximum atomic E-state index is 13.1. The molecule has 1 saturated carbocycles. The molecule has 1 N–H and O–H groups in total.